The van der Waals surface area contributed by atoms with E-state index >= 15 is 0 Å². The standard InChI is InChI=1S/C25H24FN3O3S/c26-21-5-1-2-6-22(21)27-11-13-28(14-12-27)24(31)18-7-9-19(10-8-18)25-29(23(30)17-33-25)16-20-4-3-15-32-20/h1-10,15,25H,11-14,16-17H2/t25-/m0/s1. The first-order chi connectivity index (χ1) is 16.1. The number of amides is 2. The van der Waals surface area contributed by atoms with Gasteiger partial charge in [0, 0.05) is 31.7 Å². The van der Waals surface area contributed by atoms with Crippen molar-refractivity contribution in [2.24, 2.45) is 0 Å². The van der Waals surface area contributed by atoms with Gasteiger partial charge in [-0.15, -0.1) is 11.8 Å². The van der Waals surface area contributed by atoms with Crippen molar-refractivity contribution >= 4 is 29.3 Å². The van der Waals surface area contributed by atoms with Crippen molar-refractivity contribution < 1.29 is 18.4 Å². The zero-order valence-corrected chi connectivity index (χ0v) is 18.8. The lowest BCUT2D eigenvalue weighted by molar-refractivity contribution is -0.128. The summed E-state index contributed by atoms with van der Waals surface area (Å²) in [6.07, 6.45) is 1.61. The second-order valence-electron chi connectivity index (χ2n) is 8.12. The van der Waals surface area contributed by atoms with Crippen LogP contribution in [-0.4, -0.2) is 53.5 Å². The molecule has 0 aliphatic carbocycles. The van der Waals surface area contributed by atoms with E-state index in [0.29, 0.717) is 49.7 Å². The molecule has 2 aliphatic heterocycles. The number of anilines is 1. The molecule has 1 atom stereocenters. The Morgan fingerprint density at radius 2 is 1.76 bits per heavy atom. The lowest BCUT2D eigenvalue weighted by Gasteiger charge is -2.36. The molecule has 170 valence electrons. The van der Waals surface area contributed by atoms with E-state index in [1.165, 1.54) is 6.07 Å². The van der Waals surface area contributed by atoms with Gasteiger partial charge in [-0.3, -0.25) is 9.59 Å². The van der Waals surface area contributed by atoms with Gasteiger partial charge in [0.15, 0.2) is 0 Å². The number of carbonyl (C=O) groups is 2. The fourth-order valence-electron chi connectivity index (χ4n) is 4.30. The second kappa shape index (κ2) is 9.31. The number of para-hydroxylation sites is 1. The van der Waals surface area contributed by atoms with Gasteiger partial charge < -0.3 is 19.1 Å². The molecule has 0 spiro atoms. The first kappa shape index (κ1) is 21.6. The molecule has 0 N–H and O–H groups in total. The number of halogens is 1. The van der Waals surface area contributed by atoms with Crippen molar-refractivity contribution in [3.05, 3.63) is 89.6 Å². The number of rotatable bonds is 5. The predicted octanol–water partition coefficient (Wildman–Crippen LogP) is 4.16. The number of hydrogen-bond donors (Lipinski definition) is 0. The Bertz CT molecular complexity index is 1130. The second-order valence-corrected chi connectivity index (χ2v) is 9.19. The van der Waals surface area contributed by atoms with E-state index in [1.54, 1.807) is 30.2 Å². The van der Waals surface area contributed by atoms with Crippen LogP contribution in [0.1, 0.15) is 27.1 Å². The Labute approximate surface area is 196 Å². The van der Waals surface area contributed by atoms with Gasteiger partial charge in [0.05, 0.1) is 24.2 Å². The van der Waals surface area contributed by atoms with Gasteiger partial charge in [-0.1, -0.05) is 24.3 Å². The number of piperazine rings is 1. The van der Waals surface area contributed by atoms with Crippen molar-refractivity contribution in [1.82, 2.24) is 9.80 Å². The first-order valence-corrected chi connectivity index (χ1v) is 12.0. The fourth-order valence-corrected chi connectivity index (χ4v) is 5.49. The molecule has 2 fully saturated rings. The quantitative estimate of drug-likeness (QED) is 0.567. The number of benzene rings is 2. The summed E-state index contributed by atoms with van der Waals surface area (Å²) in [4.78, 5) is 31.0. The average Bonchev–Trinajstić information content (AvgIpc) is 3.50. The third-order valence-electron chi connectivity index (χ3n) is 6.08. The Kier molecular flexibility index (Phi) is 6.09. The van der Waals surface area contributed by atoms with Gasteiger partial charge in [0.2, 0.25) is 5.91 Å². The summed E-state index contributed by atoms with van der Waals surface area (Å²) in [7, 11) is 0. The molecule has 3 aromatic rings. The molecule has 2 aromatic carbocycles. The summed E-state index contributed by atoms with van der Waals surface area (Å²) in [5.41, 5.74) is 2.18. The van der Waals surface area contributed by atoms with Crippen LogP contribution in [-0.2, 0) is 11.3 Å². The Balaban J connectivity index is 1.23. The summed E-state index contributed by atoms with van der Waals surface area (Å²) in [5, 5.41) is -0.101. The molecule has 0 unspecified atom stereocenters. The third-order valence-corrected chi connectivity index (χ3v) is 7.33. The van der Waals surface area contributed by atoms with Gasteiger partial charge in [-0.2, -0.15) is 0 Å². The Morgan fingerprint density at radius 1 is 1.00 bits per heavy atom. The van der Waals surface area contributed by atoms with E-state index in [4.69, 9.17) is 4.42 Å². The highest BCUT2D eigenvalue weighted by molar-refractivity contribution is 8.00. The molecule has 0 saturated carbocycles. The van der Waals surface area contributed by atoms with Crippen molar-refractivity contribution in [2.75, 3.05) is 36.8 Å². The van der Waals surface area contributed by atoms with Crippen LogP contribution in [0.15, 0.2) is 71.3 Å². The van der Waals surface area contributed by atoms with Crippen LogP contribution in [0.25, 0.3) is 0 Å². The Hall–Kier alpha value is -3.26. The predicted molar refractivity (Wildman–Crippen MR) is 125 cm³/mol. The number of carbonyl (C=O) groups excluding carboxylic acids is 2. The number of nitrogens with zero attached hydrogens (tertiary/aromatic N) is 3. The Morgan fingerprint density at radius 3 is 2.45 bits per heavy atom. The average molecular weight is 466 g/mol. The molecule has 3 heterocycles. The minimum atomic E-state index is -0.239. The summed E-state index contributed by atoms with van der Waals surface area (Å²) >= 11 is 1.58. The summed E-state index contributed by atoms with van der Waals surface area (Å²) < 4.78 is 19.5. The maximum absolute atomic E-state index is 14.1. The highest BCUT2D eigenvalue weighted by atomic mass is 32.2. The van der Waals surface area contributed by atoms with Crippen LogP contribution in [0, 0.1) is 5.82 Å². The van der Waals surface area contributed by atoms with Crippen molar-refractivity contribution in [1.29, 1.82) is 0 Å². The van der Waals surface area contributed by atoms with E-state index in [0.717, 1.165) is 11.3 Å². The van der Waals surface area contributed by atoms with Gasteiger partial charge in [-0.05, 0) is 42.0 Å². The molecule has 2 saturated heterocycles. The molecule has 8 heteroatoms. The van der Waals surface area contributed by atoms with Gasteiger partial charge in [0.1, 0.15) is 17.0 Å². The minimum absolute atomic E-state index is 0.0303. The molecule has 0 bridgehead atoms. The van der Waals surface area contributed by atoms with E-state index in [9.17, 15) is 14.0 Å². The highest BCUT2D eigenvalue weighted by Gasteiger charge is 2.33. The lowest BCUT2D eigenvalue weighted by Crippen LogP contribution is -2.49. The lowest BCUT2D eigenvalue weighted by atomic mass is 10.1. The van der Waals surface area contributed by atoms with E-state index in [1.807, 2.05) is 57.2 Å². The minimum Gasteiger partial charge on any atom is -0.467 e. The van der Waals surface area contributed by atoms with Crippen LogP contribution in [0.2, 0.25) is 0 Å². The van der Waals surface area contributed by atoms with Crippen LogP contribution in [0.4, 0.5) is 10.1 Å². The molecule has 0 radical (unpaired) electrons. The van der Waals surface area contributed by atoms with Crippen LogP contribution >= 0.6 is 11.8 Å². The fraction of sp³-hybridized carbons (Fsp3) is 0.280. The molecular weight excluding hydrogens is 441 g/mol. The van der Waals surface area contributed by atoms with Gasteiger partial charge in [-0.25, -0.2) is 4.39 Å². The van der Waals surface area contributed by atoms with Crippen molar-refractivity contribution in [3.8, 4) is 0 Å². The molecule has 2 aliphatic rings. The molecule has 5 rings (SSSR count). The molecule has 6 nitrogen and oxygen atoms in total. The first-order valence-electron chi connectivity index (χ1n) is 10.9. The van der Waals surface area contributed by atoms with E-state index in [2.05, 4.69) is 0 Å². The largest absolute Gasteiger partial charge is 0.467 e. The van der Waals surface area contributed by atoms with Gasteiger partial charge >= 0.3 is 0 Å². The SMILES string of the molecule is O=C(c1ccc([C@@H]2SCC(=O)N2Cc2ccco2)cc1)N1CCN(c2ccccc2F)CC1. The maximum atomic E-state index is 14.1. The smallest absolute Gasteiger partial charge is 0.253 e. The van der Waals surface area contributed by atoms with Crippen LogP contribution < -0.4 is 4.90 Å². The van der Waals surface area contributed by atoms with Crippen molar-refractivity contribution in [2.45, 2.75) is 11.9 Å². The molecule has 33 heavy (non-hydrogen) atoms. The zero-order valence-electron chi connectivity index (χ0n) is 18.0. The number of furan rings is 1. The van der Waals surface area contributed by atoms with Crippen molar-refractivity contribution in [3.63, 3.8) is 0 Å². The summed E-state index contributed by atoms with van der Waals surface area (Å²) in [6.45, 7) is 2.69. The molecular formula is C25H24FN3O3S. The monoisotopic (exact) mass is 465 g/mol. The van der Waals surface area contributed by atoms with Gasteiger partial charge in [0.25, 0.3) is 5.91 Å². The number of hydrogen-bond acceptors (Lipinski definition) is 5. The third kappa shape index (κ3) is 4.48. The van der Waals surface area contributed by atoms with E-state index in [-0.39, 0.29) is 23.0 Å². The zero-order chi connectivity index (χ0) is 22.8. The van der Waals surface area contributed by atoms with Crippen LogP contribution in [0.5, 0.6) is 0 Å². The normalized spacial score (nSPS) is 18.8. The van der Waals surface area contributed by atoms with E-state index < -0.39 is 0 Å². The summed E-state index contributed by atoms with van der Waals surface area (Å²) in [6, 6.07) is 17.9. The maximum Gasteiger partial charge on any atom is 0.253 e. The summed E-state index contributed by atoms with van der Waals surface area (Å²) in [5.74, 6) is 0.985. The highest BCUT2D eigenvalue weighted by Crippen LogP contribution is 2.39. The molecule has 2 amide bonds. The van der Waals surface area contributed by atoms with Crippen LogP contribution in [0.3, 0.4) is 0 Å². The molecule has 1 aromatic heterocycles. The number of thioether (sulfide) groups is 1. The topological polar surface area (TPSA) is 57.0 Å².